The lowest BCUT2D eigenvalue weighted by atomic mass is 10.1. The van der Waals surface area contributed by atoms with E-state index in [1.165, 1.54) is 0 Å². The fourth-order valence-electron chi connectivity index (χ4n) is 0.819. The number of ether oxygens (including phenoxy) is 1. The fraction of sp³-hybridized carbons (Fsp3) is 1.00. The SMILES string of the molecule is CCCC(N)(O)COCCO. The molecular weight excluding hydrogens is 146 g/mol. The van der Waals surface area contributed by atoms with Gasteiger partial charge in [0.2, 0.25) is 0 Å². The third kappa shape index (κ3) is 6.25. The van der Waals surface area contributed by atoms with E-state index in [1.807, 2.05) is 6.92 Å². The van der Waals surface area contributed by atoms with Gasteiger partial charge in [-0.2, -0.15) is 0 Å². The predicted octanol–water partition coefficient (Wildman–Crippen LogP) is -0.557. The summed E-state index contributed by atoms with van der Waals surface area (Å²) in [5.41, 5.74) is 4.18. The molecule has 0 aliphatic heterocycles. The highest BCUT2D eigenvalue weighted by atomic mass is 16.5. The van der Waals surface area contributed by atoms with E-state index in [-0.39, 0.29) is 19.8 Å². The van der Waals surface area contributed by atoms with Crippen molar-refractivity contribution in [2.45, 2.75) is 25.5 Å². The van der Waals surface area contributed by atoms with E-state index >= 15 is 0 Å². The summed E-state index contributed by atoms with van der Waals surface area (Å²) in [6.07, 6.45) is 1.33. The molecule has 0 aromatic carbocycles. The number of aliphatic hydroxyl groups is 2. The standard InChI is InChI=1S/C7H17NO3/c1-2-3-7(8,10)6-11-5-4-9/h9-10H,2-6,8H2,1H3. The van der Waals surface area contributed by atoms with Gasteiger partial charge in [0.15, 0.2) is 0 Å². The van der Waals surface area contributed by atoms with E-state index in [0.717, 1.165) is 6.42 Å². The van der Waals surface area contributed by atoms with E-state index in [1.54, 1.807) is 0 Å². The largest absolute Gasteiger partial charge is 0.394 e. The van der Waals surface area contributed by atoms with Crippen molar-refractivity contribution in [1.82, 2.24) is 0 Å². The Hall–Kier alpha value is -0.160. The smallest absolute Gasteiger partial charge is 0.137 e. The van der Waals surface area contributed by atoms with Crippen LogP contribution in [0.15, 0.2) is 0 Å². The third-order valence-electron chi connectivity index (χ3n) is 1.27. The lowest BCUT2D eigenvalue weighted by molar-refractivity contribution is -0.0538. The van der Waals surface area contributed by atoms with Crippen molar-refractivity contribution in [3.63, 3.8) is 0 Å². The maximum absolute atomic E-state index is 9.31. The van der Waals surface area contributed by atoms with E-state index in [9.17, 15) is 5.11 Å². The second-order valence-electron chi connectivity index (χ2n) is 2.63. The Kier molecular flexibility index (Phi) is 5.41. The van der Waals surface area contributed by atoms with Crippen molar-refractivity contribution in [3.8, 4) is 0 Å². The van der Waals surface area contributed by atoms with Crippen LogP contribution >= 0.6 is 0 Å². The van der Waals surface area contributed by atoms with E-state index in [4.69, 9.17) is 15.6 Å². The van der Waals surface area contributed by atoms with Crippen LogP contribution in [0.4, 0.5) is 0 Å². The normalized spacial score (nSPS) is 16.4. The summed E-state index contributed by atoms with van der Waals surface area (Å²) in [5, 5.41) is 17.7. The van der Waals surface area contributed by atoms with E-state index in [0.29, 0.717) is 6.42 Å². The number of hydrogen-bond donors (Lipinski definition) is 3. The van der Waals surface area contributed by atoms with Gasteiger partial charge in [0.25, 0.3) is 0 Å². The van der Waals surface area contributed by atoms with E-state index in [2.05, 4.69) is 0 Å². The molecule has 0 aliphatic rings. The summed E-state index contributed by atoms with van der Waals surface area (Å²) >= 11 is 0. The lowest BCUT2D eigenvalue weighted by Gasteiger charge is -2.21. The monoisotopic (exact) mass is 163 g/mol. The van der Waals surface area contributed by atoms with Crippen LogP contribution in [0.2, 0.25) is 0 Å². The van der Waals surface area contributed by atoms with Crippen molar-refractivity contribution in [3.05, 3.63) is 0 Å². The van der Waals surface area contributed by atoms with Gasteiger partial charge in [-0.25, -0.2) is 0 Å². The first-order valence-corrected chi connectivity index (χ1v) is 3.82. The zero-order chi connectivity index (χ0) is 8.74. The summed E-state index contributed by atoms with van der Waals surface area (Å²) in [4.78, 5) is 0. The van der Waals surface area contributed by atoms with Gasteiger partial charge in [-0.1, -0.05) is 13.3 Å². The van der Waals surface area contributed by atoms with Crippen molar-refractivity contribution < 1.29 is 14.9 Å². The molecule has 11 heavy (non-hydrogen) atoms. The first kappa shape index (κ1) is 10.8. The zero-order valence-electron chi connectivity index (χ0n) is 6.92. The Morgan fingerprint density at radius 2 is 2.18 bits per heavy atom. The Morgan fingerprint density at radius 3 is 2.64 bits per heavy atom. The predicted molar refractivity (Wildman–Crippen MR) is 42.0 cm³/mol. The first-order valence-electron chi connectivity index (χ1n) is 3.82. The van der Waals surface area contributed by atoms with Crippen LogP contribution in [-0.2, 0) is 4.74 Å². The van der Waals surface area contributed by atoms with Crippen LogP contribution in [0.1, 0.15) is 19.8 Å². The molecular formula is C7H17NO3. The molecule has 4 nitrogen and oxygen atoms in total. The maximum atomic E-state index is 9.31. The fourth-order valence-corrected chi connectivity index (χ4v) is 0.819. The highest BCUT2D eigenvalue weighted by Gasteiger charge is 2.19. The van der Waals surface area contributed by atoms with Crippen LogP contribution in [0.5, 0.6) is 0 Å². The van der Waals surface area contributed by atoms with Crippen LogP contribution in [-0.4, -0.2) is 35.8 Å². The summed E-state index contributed by atoms with van der Waals surface area (Å²) in [7, 11) is 0. The van der Waals surface area contributed by atoms with Crippen LogP contribution in [0, 0.1) is 0 Å². The summed E-state index contributed by atoms with van der Waals surface area (Å²) in [6, 6.07) is 0. The van der Waals surface area contributed by atoms with Crippen LogP contribution < -0.4 is 5.73 Å². The Morgan fingerprint density at radius 1 is 1.55 bits per heavy atom. The Balaban J connectivity index is 3.38. The van der Waals surface area contributed by atoms with Gasteiger partial charge < -0.3 is 20.7 Å². The number of hydrogen-bond acceptors (Lipinski definition) is 4. The average molecular weight is 163 g/mol. The van der Waals surface area contributed by atoms with Crippen molar-refractivity contribution in [2.75, 3.05) is 19.8 Å². The molecule has 0 aromatic heterocycles. The lowest BCUT2D eigenvalue weighted by Crippen LogP contribution is -2.44. The number of nitrogens with two attached hydrogens (primary N) is 1. The molecule has 4 heteroatoms. The average Bonchev–Trinajstić information content (AvgIpc) is 1.87. The minimum Gasteiger partial charge on any atom is -0.394 e. The topological polar surface area (TPSA) is 75.7 Å². The Labute approximate surface area is 67.0 Å². The molecule has 0 radical (unpaired) electrons. The molecule has 0 amide bonds. The molecule has 0 saturated heterocycles. The van der Waals surface area contributed by atoms with Gasteiger partial charge in [-0.15, -0.1) is 0 Å². The minimum absolute atomic E-state index is 0.0395. The molecule has 0 aromatic rings. The molecule has 0 bridgehead atoms. The van der Waals surface area contributed by atoms with Gasteiger partial charge in [-0.3, -0.25) is 0 Å². The highest BCUT2D eigenvalue weighted by molar-refractivity contribution is 4.68. The number of rotatable bonds is 6. The molecule has 1 atom stereocenters. The summed E-state index contributed by atoms with van der Waals surface area (Å²) < 4.78 is 4.88. The van der Waals surface area contributed by atoms with E-state index < -0.39 is 5.72 Å². The molecule has 4 N–H and O–H groups in total. The zero-order valence-corrected chi connectivity index (χ0v) is 6.92. The minimum atomic E-state index is -1.23. The van der Waals surface area contributed by atoms with Crippen molar-refractivity contribution >= 4 is 0 Å². The summed E-state index contributed by atoms with van der Waals surface area (Å²) in [5.74, 6) is 0. The van der Waals surface area contributed by atoms with Crippen molar-refractivity contribution in [1.29, 1.82) is 0 Å². The highest BCUT2D eigenvalue weighted by Crippen LogP contribution is 2.05. The first-order chi connectivity index (χ1) is 5.12. The van der Waals surface area contributed by atoms with Crippen molar-refractivity contribution in [2.24, 2.45) is 5.73 Å². The molecule has 1 unspecified atom stereocenters. The van der Waals surface area contributed by atoms with Gasteiger partial charge in [0, 0.05) is 0 Å². The second-order valence-corrected chi connectivity index (χ2v) is 2.63. The Bertz CT molecular complexity index is 95.7. The molecule has 68 valence electrons. The molecule has 0 spiro atoms. The van der Waals surface area contributed by atoms with Crippen LogP contribution in [0.3, 0.4) is 0 Å². The molecule has 0 heterocycles. The van der Waals surface area contributed by atoms with Gasteiger partial charge in [0.1, 0.15) is 5.72 Å². The molecule has 0 aliphatic carbocycles. The van der Waals surface area contributed by atoms with Gasteiger partial charge in [0.05, 0.1) is 19.8 Å². The van der Waals surface area contributed by atoms with Crippen LogP contribution in [0.25, 0.3) is 0 Å². The third-order valence-corrected chi connectivity index (χ3v) is 1.27. The molecule has 0 fully saturated rings. The molecule has 0 saturated carbocycles. The quantitative estimate of drug-likeness (QED) is 0.362. The molecule has 0 rings (SSSR count). The number of aliphatic hydroxyl groups excluding tert-OH is 1. The summed E-state index contributed by atoms with van der Waals surface area (Å²) in [6.45, 7) is 2.21. The van der Waals surface area contributed by atoms with Gasteiger partial charge in [-0.05, 0) is 6.42 Å². The van der Waals surface area contributed by atoms with Gasteiger partial charge >= 0.3 is 0 Å². The maximum Gasteiger partial charge on any atom is 0.137 e. The second kappa shape index (κ2) is 5.49.